The highest BCUT2D eigenvalue weighted by molar-refractivity contribution is 5.92. The molecule has 0 radical (unpaired) electrons. The number of rotatable bonds is 12. The van der Waals surface area contributed by atoms with E-state index in [0.29, 0.717) is 45.2 Å². The summed E-state index contributed by atoms with van der Waals surface area (Å²) in [6.45, 7) is 7.47. The molecule has 0 aromatic heterocycles. The fourth-order valence-corrected chi connectivity index (χ4v) is 1.00. The molecule has 7 nitrogen and oxygen atoms in total. The lowest BCUT2D eigenvalue weighted by molar-refractivity contribution is -0.123. The van der Waals surface area contributed by atoms with Crippen molar-refractivity contribution in [3.05, 3.63) is 12.2 Å². The van der Waals surface area contributed by atoms with Crippen molar-refractivity contribution in [3.8, 4) is 0 Å². The lowest BCUT2D eigenvalue weighted by Crippen LogP contribution is -2.27. The molecule has 0 spiro atoms. The summed E-state index contributed by atoms with van der Waals surface area (Å²) in [6, 6.07) is 0. The highest BCUT2D eigenvalue weighted by Gasteiger charge is 1.99. The van der Waals surface area contributed by atoms with Crippen LogP contribution >= 0.6 is 0 Å². The van der Waals surface area contributed by atoms with Gasteiger partial charge in [-0.2, -0.15) is 0 Å². The van der Waals surface area contributed by atoms with Crippen molar-refractivity contribution < 1.29 is 23.8 Å². The van der Waals surface area contributed by atoms with E-state index in [4.69, 9.17) is 19.9 Å². The maximum absolute atomic E-state index is 11.1. The summed E-state index contributed by atoms with van der Waals surface area (Å²) in [7, 11) is 0. The molecular weight excluding hydrogens is 252 g/mol. The van der Waals surface area contributed by atoms with E-state index in [2.05, 4.69) is 11.9 Å². The van der Waals surface area contributed by atoms with Gasteiger partial charge in [0.2, 0.25) is 11.8 Å². The molecule has 0 aliphatic rings. The van der Waals surface area contributed by atoms with E-state index in [1.807, 2.05) is 0 Å². The van der Waals surface area contributed by atoms with Crippen molar-refractivity contribution in [2.45, 2.75) is 6.92 Å². The van der Waals surface area contributed by atoms with Gasteiger partial charge in [-0.1, -0.05) is 6.58 Å². The number of carbonyl (C=O) groups is 2. The number of nitrogens with one attached hydrogen (secondary N) is 1. The third kappa shape index (κ3) is 12.8. The van der Waals surface area contributed by atoms with E-state index in [9.17, 15) is 9.59 Å². The van der Waals surface area contributed by atoms with Gasteiger partial charge < -0.3 is 25.3 Å². The standard InChI is InChI=1S/C12H22N2O5/c1-10(2)12(16)14-3-4-17-5-6-18-7-8-19-9-11(13)15/h1,3-9H2,2H3,(H2,13,15)(H,14,16). The van der Waals surface area contributed by atoms with Crippen molar-refractivity contribution in [2.24, 2.45) is 5.73 Å². The van der Waals surface area contributed by atoms with E-state index < -0.39 is 5.91 Å². The second-order valence-corrected chi connectivity index (χ2v) is 3.78. The Kier molecular flexibility index (Phi) is 10.8. The predicted octanol–water partition coefficient (Wildman–Crippen LogP) is -0.786. The maximum Gasteiger partial charge on any atom is 0.246 e. The van der Waals surface area contributed by atoms with Crippen molar-refractivity contribution in [1.82, 2.24) is 5.32 Å². The van der Waals surface area contributed by atoms with Gasteiger partial charge in [0, 0.05) is 12.1 Å². The zero-order chi connectivity index (χ0) is 14.5. The SMILES string of the molecule is C=C(C)C(=O)NCCOCCOCCOCC(N)=O. The van der Waals surface area contributed by atoms with Crippen molar-refractivity contribution in [1.29, 1.82) is 0 Å². The number of hydrogen-bond donors (Lipinski definition) is 2. The van der Waals surface area contributed by atoms with Gasteiger partial charge in [0.1, 0.15) is 6.61 Å². The molecule has 0 aromatic carbocycles. The summed E-state index contributed by atoms with van der Waals surface area (Å²) >= 11 is 0. The molecule has 0 unspecified atom stereocenters. The van der Waals surface area contributed by atoms with E-state index in [-0.39, 0.29) is 12.5 Å². The van der Waals surface area contributed by atoms with E-state index in [1.54, 1.807) is 6.92 Å². The van der Waals surface area contributed by atoms with Crippen LogP contribution in [0.15, 0.2) is 12.2 Å². The van der Waals surface area contributed by atoms with E-state index >= 15 is 0 Å². The van der Waals surface area contributed by atoms with Crippen LogP contribution in [-0.4, -0.2) is 58.0 Å². The lowest BCUT2D eigenvalue weighted by Gasteiger charge is -2.07. The zero-order valence-electron chi connectivity index (χ0n) is 11.3. The molecule has 0 atom stereocenters. The molecule has 2 amide bonds. The smallest absolute Gasteiger partial charge is 0.246 e. The molecule has 7 heteroatoms. The first kappa shape index (κ1) is 17.6. The summed E-state index contributed by atoms with van der Waals surface area (Å²) in [5.41, 5.74) is 5.35. The first-order valence-corrected chi connectivity index (χ1v) is 5.99. The number of amides is 2. The lowest BCUT2D eigenvalue weighted by atomic mass is 10.3. The minimum Gasteiger partial charge on any atom is -0.377 e. The Morgan fingerprint density at radius 3 is 2.11 bits per heavy atom. The van der Waals surface area contributed by atoms with Crippen LogP contribution in [0.1, 0.15) is 6.92 Å². The van der Waals surface area contributed by atoms with Gasteiger partial charge in [0.15, 0.2) is 0 Å². The Balaban J connectivity index is 3.13. The number of nitrogens with two attached hydrogens (primary N) is 1. The van der Waals surface area contributed by atoms with Crippen LogP contribution < -0.4 is 11.1 Å². The second kappa shape index (κ2) is 11.6. The van der Waals surface area contributed by atoms with Crippen LogP contribution in [0, 0.1) is 0 Å². The van der Waals surface area contributed by atoms with Gasteiger partial charge in [-0.15, -0.1) is 0 Å². The monoisotopic (exact) mass is 274 g/mol. The molecule has 0 saturated heterocycles. The van der Waals surface area contributed by atoms with Gasteiger partial charge in [0.05, 0.1) is 33.0 Å². The molecule has 3 N–H and O–H groups in total. The molecule has 0 aliphatic carbocycles. The third-order valence-corrected chi connectivity index (χ3v) is 1.91. The Labute approximate surface area is 113 Å². The molecule has 0 aliphatic heterocycles. The van der Waals surface area contributed by atoms with Crippen molar-refractivity contribution in [3.63, 3.8) is 0 Å². The van der Waals surface area contributed by atoms with Crippen LogP contribution in [0.5, 0.6) is 0 Å². The Morgan fingerprint density at radius 1 is 1.05 bits per heavy atom. The van der Waals surface area contributed by atoms with Crippen molar-refractivity contribution in [2.75, 3.05) is 46.2 Å². The average molecular weight is 274 g/mol. The van der Waals surface area contributed by atoms with Gasteiger partial charge in [-0.25, -0.2) is 0 Å². The van der Waals surface area contributed by atoms with Crippen LogP contribution in [0.25, 0.3) is 0 Å². The molecule has 110 valence electrons. The van der Waals surface area contributed by atoms with Gasteiger partial charge in [-0.3, -0.25) is 9.59 Å². The zero-order valence-corrected chi connectivity index (χ0v) is 11.3. The summed E-state index contributed by atoms with van der Waals surface area (Å²) in [4.78, 5) is 21.4. The summed E-state index contributed by atoms with van der Waals surface area (Å²) in [5.74, 6) is -0.674. The Morgan fingerprint density at radius 2 is 1.58 bits per heavy atom. The molecular formula is C12H22N2O5. The largest absolute Gasteiger partial charge is 0.377 e. The molecule has 0 saturated carbocycles. The van der Waals surface area contributed by atoms with E-state index in [1.165, 1.54) is 0 Å². The topological polar surface area (TPSA) is 99.9 Å². The second-order valence-electron chi connectivity index (χ2n) is 3.78. The Hall–Kier alpha value is -1.44. The van der Waals surface area contributed by atoms with Crippen LogP contribution in [0.3, 0.4) is 0 Å². The average Bonchev–Trinajstić information content (AvgIpc) is 2.35. The van der Waals surface area contributed by atoms with Gasteiger partial charge in [-0.05, 0) is 6.92 Å². The fourth-order valence-electron chi connectivity index (χ4n) is 1.00. The summed E-state index contributed by atoms with van der Waals surface area (Å²) in [5, 5.41) is 2.64. The van der Waals surface area contributed by atoms with Gasteiger partial charge >= 0.3 is 0 Å². The third-order valence-electron chi connectivity index (χ3n) is 1.91. The number of hydrogen-bond acceptors (Lipinski definition) is 5. The highest BCUT2D eigenvalue weighted by Crippen LogP contribution is 1.85. The number of carbonyl (C=O) groups excluding carboxylic acids is 2. The first-order valence-electron chi connectivity index (χ1n) is 5.99. The van der Waals surface area contributed by atoms with Gasteiger partial charge in [0.25, 0.3) is 0 Å². The highest BCUT2D eigenvalue weighted by atomic mass is 16.5. The van der Waals surface area contributed by atoms with Crippen LogP contribution in [0.4, 0.5) is 0 Å². The van der Waals surface area contributed by atoms with E-state index in [0.717, 1.165) is 0 Å². The normalized spacial score (nSPS) is 10.2. The maximum atomic E-state index is 11.1. The minimum absolute atomic E-state index is 0.0950. The predicted molar refractivity (Wildman–Crippen MR) is 69.5 cm³/mol. The fraction of sp³-hybridized carbons (Fsp3) is 0.667. The molecule has 0 heterocycles. The molecule has 0 rings (SSSR count). The quantitative estimate of drug-likeness (QED) is 0.359. The molecule has 19 heavy (non-hydrogen) atoms. The Bertz CT molecular complexity index is 294. The molecule has 0 fully saturated rings. The minimum atomic E-state index is -0.500. The summed E-state index contributed by atoms with van der Waals surface area (Å²) in [6.07, 6.45) is 0. The number of primary amides is 1. The first-order chi connectivity index (χ1) is 9.04. The molecule has 0 aromatic rings. The van der Waals surface area contributed by atoms with Crippen LogP contribution in [0.2, 0.25) is 0 Å². The van der Waals surface area contributed by atoms with Crippen molar-refractivity contribution >= 4 is 11.8 Å². The number of ether oxygens (including phenoxy) is 3. The summed E-state index contributed by atoms with van der Waals surface area (Å²) < 4.78 is 15.3. The molecule has 0 bridgehead atoms. The van der Waals surface area contributed by atoms with Crippen LogP contribution in [-0.2, 0) is 23.8 Å².